The third kappa shape index (κ3) is 3.07. The van der Waals surface area contributed by atoms with Crippen LogP contribution in [-0.2, 0) is 9.53 Å². The van der Waals surface area contributed by atoms with Gasteiger partial charge in [-0.3, -0.25) is 15.6 Å². The van der Waals surface area contributed by atoms with E-state index in [1.54, 1.807) is 0 Å². The molecule has 3 N–H and O–H groups in total. The van der Waals surface area contributed by atoms with Crippen LogP contribution >= 0.6 is 12.2 Å². The smallest absolute Gasteiger partial charge is 0.244 e. The van der Waals surface area contributed by atoms with Crippen molar-refractivity contribution < 1.29 is 9.53 Å². The molecular formula is C11H19N3O2S. The zero-order valence-corrected chi connectivity index (χ0v) is 11.0. The van der Waals surface area contributed by atoms with Gasteiger partial charge in [-0.1, -0.05) is 0 Å². The fourth-order valence-corrected chi connectivity index (χ4v) is 2.71. The van der Waals surface area contributed by atoms with Crippen molar-refractivity contribution in [2.45, 2.75) is 51.4 Å². The standard InChI is InChI=1S/C11H19N3O2S/c1-6(2)12-11(17)14-13-10(15)8-5-7-3-4-9(8)16-7/h6-9H,3-5H2,1-2H3,(H,13,15)(H2,12,14,17)/t7-,8+,9+/m1/s1. The van der Waals surface area contributed by atoms with Crippen LogP contribution in [0.25, 0.3) is 0 Å². The summed E-state index contributed by atoms with van der Waals surface area (Å²) < 4.78 is 5.64. The van der Waals surface area contributed by atoms with E-state index < -0.39 is 0 Å². The zero-order valence-electron chi connectivity index (χ0n) is 10.2. The highest BCUT2D eigenvalue weighted by atomic mass is 32.1. The first-order valence-electron chi connectivity index (χ1n) is 6.08. The lowest BCUT2D eigenvalue weighted by Gasteiger charge is -2.19. The molecule has 2 fully saturated rings. The molecule has 2 saturated heterocycles. The summed E-state index contributed by atoms with van der Waals surface area (Å²) >= 11 is 5.02. The summed E-state index contributed by atoms with van der Waals surface area (Å²) in [7, 11) is 0. The molecule has 2 aliphatic rings. The molecule has 2 heterocycles. The van der Waals surface area contributed by atoms with Crippen LogP contribution in [0, 0.1) is 5.92 Å². The van der Waals surface area contributed by atoms with Crippen LogP contribution in [-0.4, -0.2) is 29.3 Å². The van der Waals surface area contributed by atoms with Crippen molar-refractivity contribution in [1.29, 1.82) is 0 Å². The van der Waals surface area contributed by atoms with Gasteiger partial charge in [0.1, 0.15) is 0 Å². The average molecular weight is 257 g/mol. The number of rotatable bonds is 2. The molecule has 0 aliphatic carbocycles. The van der Waals surface area contributed by atoms with Gasteiger partial charge in [-0.15, -0.1) is 0 Å². The van der Waals surface area contributed by atoms with Crippen LogP contribution in [0.3, 0.4) is 0 Å². The maximum Gasteiger partial charge on any atom is 0.244 e. The quantitative estimate of drug-likeness (QED) is 0.495. The van der Waals surface area contributed by atoms with Gasteiger partial charge >= 0.3 is 0 Å². The van der Waals surface area contributed by atoms with Gasteiger partial charge in [0.05, 0.1) is 18.1 Å². The molecule has 6 heteroatoms. The van der Waals surface area contributed by atoms with Crippen molar-refractivity contribution in [2.75, 3.05) is 0 Å². The van der Waals surface area contributed by atoms with Gasteiger partial charge in [0.2, 0.25) is 5.91 Å². The van der Waals surface area contributed by atoms with Gasteiger partial charge in [-0.2, -0.15) is 0 Å². The molecule has 2 rings (SSSR count). The number of nitrogens with one attached hydrogen (secondary N) is 3. The lowest BCUT2D eigenvalue weighted by atomic mass is 9.89. The maximum absolute atomic E-state index is 11.9. The van der Waals surface area contributed by atoms with E-state index in [0.29, 0.717) is 5.11 Å². The largest absolute Gasteiger partial charge is 0.374 e. The van der Waals surface area contributed by atoms with Gasteiger partial charge in [0.25, 0.3) is 0 Å². The van der Waals surface area contributed by atoms with Crippen molar-refractivity contribution in [1.82, 2.24) is 16.2 Å². The van der Waals surface area contributed by atoms with E-state index in [4.69, 9.17) is 17.0 Å². The fourth-order valence-electron chi connectivity index (χ4n) is 2.42. The van der Waals surface area contributed by atoms with Crippen molar-refractivity contribution in [3.8, 4) is 0 Å². The Morgan fingerprint density at radius 1 is 1.35 bits per heavy atom. The lowest BCUT2D eigenvalue weighted by Crippen LogP contribution is -2.51. The second kappa shape index (κ2) is 5.18. The minimum Gasteiger partial charge on any atom is -0.374 e. The zero-order chi connectivity index (χ0) is 12.4. The van der Waals surface area contributed by atoms with E-state index >= 15 is 0 Å². The molecule has 5 nitrogen and oxygen atoms in total. The van der Waals surface area contributed by atoms with Crippen LogP contribution in [0.15, 0.2) is 0 Å². The summed E-state index contributed by atoms with van der Waals surface area (Å²) in [5.74, 6) is -0.0480. The molecule has 0 unspecified atom stereocenters. The second-order valence-corrected chi connectivity index (χ2v) is 5.37. The summed E-state index contributed by atoms with van der Waals surface area (Å²) in [6.45, 7) is 3.97. The van der Waals surface area contributed by atoms with Gasteiger partial charge in [-0.05, 0) is 45.3 Å². The first kappa shape index (κ1) is 12.6. The lowest BCUT2D eigenvalue weighted by molar-refractivity contribution is -0.127. The molecule has 0 aromatic carbocycles. The number of ether oxygens (including phenoxy) is 1. The fraction of sp³-hybridized carbons (Fsp3) is 0.818. The van der Waals surface area contributed by atoms with Crippen LogP contribution in [0.5, 0.6) is 0 Å². The van der Waals surface area contributed by atoms with E-state index in [9.17, 15) is 4.79 Å². The van der Waals surface area contributed by atoms with Gasteiger partial charge in [-0.25, -0.2) is 0 Å². The van der Waals surface area contributed by atoms with E-state index in [1.807, 2.05) is 13.8 Å². The number of carbonyl (C=O) groups excluding carboxylic acids is 1. The Labute approximate surface area is 107 Å². The Kier molecular flexibility index (Phi) is 3.83. The minimum atomic E-state index is -0.0249. The summed E-state index contributed by atoms with van der Waals surface area (Å²) in [6, 6.07) is 0.248. The molecule has 0 aromatic heterocycles. The molecule has 1 amide bonds. The second-order valence-electron chi connectivity index (χ2n) is 4.96. The average Bonchev–Trinajstić information content (AvgIpc) is 2.86. The van der Waals surface area contributed by atoms with Gasteiger partial charge in [0.15, 0.2) is 5.11 Å². The normalized spacial score (nSPS) is 30.4. The highest BCUT2D eigenvalue weighted by Gasteiger charge is 2.44. The van der Waals surface area contributed by atoms with Crippen molar-refractivity contribution in [3.63, 3.8) is 0 Å². The molecule has 0 aromatic rings. The van der Waals surface area contributed by atoms with E-state index in [-0.39, 0.29) is 30.1 Å². The van der Waals surface area contributed by atoms with E-state index in [1.165, 1.54) is 0 Å². The van der Waals surface area contributed by atoms with Crippen molar-refractivity contribution in [3.05, 3.63) is 0 Å². The Bertz CT molecular complexity index is 322. The van der Waals surface area contributed by atoms with Crippen molar-refractivity contribution >= 4 is 23.2 Å². The number of carbonyl (C=O) groups is 1. The Morgan fingerprint density at radius 2 is 2.12 bits per heavy atom. The highest BCUT2D eigenvalue weighted by molar-refractivity contribution is 7.80. The number of hydrogen-bond acceptors (Lipinski definition) is 3. The third-order valence-corrected chi connectivity index (χ3v) is 3.38. The number of fused-ring (bicyclic) bond motifs is 2. The Hall–Kier alpha value is -0.880. The van der Waals surface area contributed by atoms with Gasteiger partial charge < -0.3 is 10.1 Å². The van der Waals surface area contributed by atoms with E-state index in [0.717, 1.165) is 19.3 Å². The number of hydrogen-bond donors (Lipinski definition) is 3. The number of hydrazine groups is 1. The first-order chi connectivity index (χ1) is 8.06. The maximum atomic E-state index is 11.9. The summed E-state index contributed by atoms with van der Waals surface area (Å²) in [5, 5.41) is 3.44. The predicted molar refractivity (Wildman–Crippen MR) is 68.2 cm³/mol. The summed E-state index contributed by atoms with van der Waals surface area (Å²) in [6.07, 6.45) is 3.32. The minimum absolute atomic E-state index is 0.0230. The molecule has 0 saturated carbocycles. The molecule has 96 valence electrons. The summed E-state index contributed by atoms with van der Waals surface area (Å²) in [4.78, 5) is 11.9. The Balaban J connectivity index is 1.73. The SMILES string of the molecule is CC(C)NC(=S)NNC(=O)[C@H]1C[C@H]2CC[C@@H]1O2. The molecule has 2 bridgehead atoms. The van der Waals surface area contributed by atoms with Crippen molar-refractivity contribution in [2.24, 2.45) is 5.92 Å². The monoisotopic (exact) mass is 257 g/mol. The molecule has 3 atom stereocenters. The summed E-state index contributed by atoms with van der Waals surface area (Å²) in [5.41, 5.74) is 5.36. The molecule has 0 radical (unpaired) electrons. The van der Waals surface area contributed by atoms with Gasteiger partial charge in [0, 0.05) is 6.04 Å². The number of thiocarbonyl (C=S) groups is 1. The molecule has 2 aliphatic heterocycles. The van der Waals surface area contributed by atoms with Crippen LogP contribution in [0.4, 0.5) is 0 Å². The Morgan fingerprint density at radius 3 is 2.65 bits per heavy atom. The third-order valence-electron chi connectivity index (χ3n) is 3.16. The van der Waals surface area contributed by atoms with Crippen LogP contribution in [0.2, 0.25) is 0 Å². The first-order valence-corrected chi connectivity index (χ1v) is 6.49. The molecule has 0 spiro atoms. The molecular weight excluding hydrogens is 238 g/mol. The highest BCUT2D eigenvalue weighted by Crippen LogP contribution is 2.38. The number of amides is 1. The van der Waals surface area contributed by atoms with Crippen LogP contribution < -0.4 is 16.2 Å². The predicted octanol–water partition coefficient (Wildman–Crippen LogP) is 0.458. The van der Waals surface area contributed by atoms with E-state index in [2.05, 4.69) is 16.2 Å². The topological polar surface area (TPSA) is 62.4 Å². The van der Waals surface area contributed by atoms with Crippen LogP contribution in [0.1, 0.15) is 33.1 Å². The molecule has 17 heavy (non-hydrogen) atoms.